The van der Waals surface area contributed by atoms with Gasteiger partial charge in [0.2, 0.25) is 0 Å². The van der Waals surface area contributed by atoms with E-state index in [4.69, 9.17) is 9.47 Å². The van der Waals surface area contributed by atoms with E-state index in [1.165, 1.54) is 11.3 Å². The van der Waals surface area contributed by atoms with Crippen LogP contribution < -0.4 is 4.74 Å². The molecule has 0 saturated carbocycles. The van der Waals surface area contributed by atoms with E-state index < -0.39 is 0 Å². The lowest BCUT2D eigenvalue weighted by atomic mass is 10.2. The van der Waals surface area contributed by atoms with Crippen LogP contribution in [0.15, 0.2) is 30.5 Å². The van der Waals surface area contributed by atoms with E-state index in [1.54, 1.807) is 0 Å². The largest absolute Gasteiger partial charge is 0.494 e. The van der Waals surface area contributed by atoms with Crippen LogP contribution >= 0.6 is 11.3 Å². The molecule has 0 spiro atoms. The van der Waals surface area contributed by atoms with Crippen molar-refractivity contribution < 1.29 is 14.3 Å². The molecule has 3 rings (SSSR count). The highest BCUT2D eigenvalue weighted by atomic mass is 32.1. The van der Waals surface area contributed by atoms with Crippen molar-refractivity contribution in [1.82, 2.24) is 9.38 Å². The van der Waals surface area contributed by atoms with E-state index in [0.29, 0.717) is 11.5 Å². The van der Waals surface area contributed by atoms with Gasteiger partial charge in [-0.2, -0.15) is 0 Å². The van der Waals surface area contributed by atoms with Gasteiger partial charge in [-0.05, 0) is 52.0 Å². The molecule has 1 aromatic carbocycles. The summed E-state index contributed by atoms with van der Waals surface area (Å²) in [4.78, 5) is 18.2. The molecular weight excluding hydrogens is 324 g/mol. The van der Waals surface area contributed by atoms with Crippen LogP contribution in [0.3, 0.4) is 0 Å². The Morgan fingerprint density at radius 3 is 2.58 bits per heavy atom. The van der Waals surface area contributed by atoms with E-state index in [1.807, 2.05) is 62.6 Å². The smallest absolute Gasteiger partial charge is 0.350 e. The predicted octanol–water partition coefficient (Wildman–Crippen LogP) is 4.34. The van der Waals surface area contributed by atoms with Gasteiger partial charge in [-0.1, -0.05) is 11.3 Å². The van der Waals surface area contributed by atoms with Crippen LogP contribution in [0, 0.1) is 6.92 Å². The molecule has 5 nitrogen and oxygen atoms in total. The molecule has 0 unspecified atom stereocenters. The maximum Gasteiger partial charge on any atom is 0.350 e. The van der Waals surface area contributed by atoms with Crippen LogP contribution in [-0.2, 0) is 4.74 Å². The van der Waals surface area contributed by atoms with E-state index in [9.17, 15) is 4.79 Å². The SMILES string of the molecule is CCOc1ccc(-c2cn3c(C)c(C(=O)OC(C)C)sc3n2)cc1. The van der Waals surface area contributed by atoms with Gasteiger partial charge in [0, 0.05) is 17.5 Å². The number of aryl methyl sites for hydroxylation is 1. The Morgan fingerprint density at radius 2 is 2.00 bits per heavy atom. The molecule has 24 heavy (non-hydrogen) atoms. The highest BCUT2D eigenvalue weighted by Crippen LogP contribution is 2.28. The number of ether oxygens (including phenoxy) is 2. The fraction of sp³-hybridized carbons (Fsp3) is 0.333. The van der Waals surface area contributed by atoms with Gasteiger partial charge in [-0.25, -0.2) is 9.78 Å². The number of carbonyl (C=O) groups is 1. The average molecular weight is 344 g/mol. The first-order chi connectivity index (χ1) is 11.5. The summed E-state index contributed by atoms with van der Waals surface area (Å²) in [6, 6.07) is 7.84. The maximum atomic E-state index is 12.1. The number of esters is 1. The molecule has 0 N–H and O–H groups in total. The van der Waals surface area contributed by atoms with Gasteiger partial charge >= 0.3 is 5.97 Å². The number of fused-ring (bicyclic) bond motifs is 1. The Morgan fingerprint density at radius 1 is 1.29 bits per heavy atom. The number of benzene rings is 1. The van der Waals surface area contributed by atoms with Gasteiger partial charge in [0.1, 0.15) is 10.6 Å². The minimum Gasteiger partial charge on any atom is -0.494 e. The number of aromatic nitrogens is 2. The van der Waals surface area contributed by atoms with Crippen molar-refractivity contribution in [2.24, 2.45) is 0 Å². The van der Waals surface area contributed by atoms with Crippen molar-refractivity contribution in [2.75, 3.05) is 6.61 Å². The van der Waals surface area contributed by atoms with Crippen molar-refractivity contribution in [3.05, 3.63) is 41.0 Å². The Kier molecular flexibility index (Phi) is 4.57. The standard InChI is InChI=1S/C18H20N2O3S/c1-5-22-14-8-6-13(7-9-14)15-10-20-12(4)16(24-18(20)19-15)17(21)23-11(2)3/h6-11H,5H2,1-4H3. The second-order valence-corrected chi connectivity index (χ2v) is 6.68. The summed E-state index contributed by atoms with van der Waals surface area (Å²) in [5, 5.41) is 0. The second kappa shape index (κ2) is 6.65. The fourth-order valence-corrected chi connectivity index (χ4v) is 3.43. The number of hydrogen-bond donors (Lipinski definition) is 0. The molecule has 6 heteroatoms. The number of hydrogen-bond acceptors (Lipinski definition) is 5. The topological polar surface area (TPSA) is 52.8 Å². The monoisotopic (exact) mass is 344 g/mol. The minimum atomic E-state index is -0.291. The Hall–Kier alpha value is -2.34. The lowest BCUT2D eigenvalue weighted by molar-refractivity contribution is 0.0382. The normalized spacial score (nSPS) is 11.2. The van der Waals surface area contributed by atoms with Crippen molar-refractivity contribution in [1.29, 1.82) is 0 Å². The lowest BCUT2D eigenvalue weighted by Crippen LogP contribution is -2.11. The fourth-order valence-electron chi connectivity index (χ4n) is 2.43. The van der Waals surface area contributed by atoms with Crippen LogP contribution in [0.25, 0.3) is 16.2 Å². The summed E-state index contributed by atoms with van der Waals surface area (Å²) < 4.78 is 12.7. The highest BCUT2D eigenvalue weighted by molar-refractivity contribution is 7.19. The maximum absolute atomic E-state index is 12.1. The van der Waals surface area contributed by atoms with Crippen LogP contribution in [-0.4, -0.2) is 28.1 Å². The summed E-state index contributed by atoms with van der Waals surface area (Å²) in [5.74, 6) is 0.554. The van der Waals surface area contributed by atoms with Crippen LogP contribution in [0.5, 0.6) is 5.75 Å². The minimum absolute atomic E-state index is 0.134. The number of thiazole rings is 1. The number of imidazole rings is 1. The molecule has 126 valence electrons. The van der Waals surface area contributed by atoms with Crippen molar-refractivity contribution >= 4 is 22.3 Å². The van der Waals surface area contributed by atoms with E-state index >= 15 is 0 Å². The molecule has 0 amide bonds. The summed E-state index contributed by atoms with van der Waals surface area (Å²) in [6.07, 6.45) is 1.81. The molecule has 0 saturated heterocycles. The van der Waals surface area contributed by atoms with Crippen LogP contribution in [0.2, 0.25) is 0 Å². The number of carbonyl (C=O) groups excluding carboxylic acids is 1. The van der Waals surface area contributed by atoms with Gasteiger partial charge in [0.05, 0.1) is 18.4 Å². The molecule has 0 aliphatic carbocycles. The molecule has 0 fully saturated rings. The number of nitrogens with zero attached hydrogens (tertiary/aromatic N) is 2. The summed E-state index contributed by atoms with van der Waals surface area (Å²) >= 11 is 1.35. The molecule has 0 atom stereocenters. The van der Waals surface area contributed by atoms with Crippen molar-refractivity contribution in [3.8, 4) is 17.0 Å². The molecular formula is C18H20N2O3S. The Bertz CT molecular complexity index is 862. The molecule has 2 heterocycles. The van der Waals surface area contributed by atoms with Gasteiger partial charge < -0.3 is 9.47 Å². The van der Waals surface area contributed by atoms with Gasteiger partial charge in [0.25, 0.3) is 0 Å². The third kappa shape index (κ3) is 3.14. The third-order valence-corrected chi connectivity index (χ3v) is 4.68. The van der Waals surface area contributed by atoms with E-state index in [0.717, 1.165) is 27.7 Å². The van der Waals surface area contributed by atoms with Gasteiger partial charge in [-0.3, -0.25) is 4.40 Å². The highest BCUT2D eigenvalue weighted by Gasteiger charge is 2.20. The molecule has 0 aliphatic heterocycles. The molecule has 0 radical (unpaired) electrons. The Labute approximate surface area is 144 Å². The molecule has 2 aromatic heterocycles. The first kappa shape index (κ1) is 16.5. The summed E-state index contributed by atoms with van der Waals surface area (Å²) in [5.41, 5.74) is 2.74. The number of rotatable bonds is 5. The van der Waals surface area contributed by atoms with E-state index in [-0.39, 0.29) is 12.1 Å². The average Bonchev–Trinajstić information content (AvgIpc) is 3.08. The van der Waals surface area contributed by atoms with Crippen molar-refractivity contribution in [3.63, 3.8) is 0 Å². The molecule has 0 aliphatic rings. The quantitative estimate of drug-likeness (QED) is 0.646. The first-order valence-electron chi connectivity index (χ1n) is 7.92. The predicted molar refractivity (Wildman–Crippen MR) is 95.0 cm³/mol. The zero-order valence-electron chi connectivity index (χ0n) is 14.2. The van der Waals surface area contributed by atoms with Crippen molar-refractivity contribution in [2.45, 2.75) is 33.8 Å². The zero-order chi connectivity index (χ0) is 17.3. The van der Waals surface area contributed by atoms with Gasteiger partial charge in [0.15, 0.2) is 4.96 Å². The zero-order valence-corrected chi connectivity index (χ0v) is 15.0. The second-order valence-electron chi connectivity index (χ2n) is 5.71. The molecule has 3 aromatic rings. The van der Waals surface area contributed by atoms with Crippen LogP contribution in [0.1, 0.15) is 36.1 Å². The van der Waals surface area contributed by atoms with Crippen LogP contribution in [0.4, 0.5) is 0 Å². The third-order valence-electron chi connectivity index (χ3n) is 3.55. The summed E-state index contributed by atoms with van der Waals surface area (Å²) in [7, 11) is 0. The first-order valence-corrected chi connectivity index (χ1v) is 8.74. The summed E-state index contributed by atoms with van der Waals surface area (Å²) in [6.45, 7) is 8.20. The van der Waals surface area contributed by atoms with Gasteiger partial charge in [-0.15, -0.1) is 0 Å². The van der Waals surface area contributed by atoms with E-state index in [2.05, 4.69) is 4.98 Å². The lowest BCUT2D eigenvalue weighted by Gasteiger charge is -2.06. The molecule has 0 bridgehead atoms. The Balaban J connectivity index is 1.91.